The van der Waals surface area contributed by atoms with E-state index < -0.39 is 10.0 Å². The van der Waals surface area contributed by atoms with Crippen LogP contribution in [0.4, 0.5) is 4.39 Å². The molecule has 1 aliphatic rings. The van der Waals surface area contributed by atoms with Gasteiger partial charge in [-0.3, -0.25) is 4.79 Å². The lowest BCUT2D eigenvalue weighted by Crippen LogP contribution is -2.31. The van der Waals surface area contributed by atoms with Crippen molar-refractivity contribution in [3.8, 4) is 0 Å². The molecule has 0 atom stereocenters. The fourth-order valence-electron chi connectivity index (χ4n) is 3.92. The second kappa shape index (κ2) is 9.20. The maximum atomic E-state index is 13.0. The summed E-state index contributed by atoms with van der Waals surface area (Å²) >= 11 is 0. The van der Waals surface area contributed by atoms with E-state index in [1.807, 2.05) is 6.07 Å². The number of nitrogens with one attached hydrogen (secondary N) is 1. The van der Waals surface area contributed by atoms with Crippen LogP contribution >= 0.6 is 0 Å². The first kappa shape index (κ1) is 21.5. The van der Waals surface area contributed by atoms with Gasteiger partial charge in [0.2, 0.25) is 15.9 Å². The molecule has 0 aliphatic carbocycles. The zero-order valence-corrected chi connectivity index (χ0v) is 18.1. The fourth-order valence-corrected chi connectivity index (χ4v) is 5.47. The number of carbonyl (C=O) groups is 1. The van der Waals surface area contributed by atoms with Crippen LogP contribution in [0.1, 0.15) is 31.2 Å². The first-order chi connectivity index (χ1) is 14.9. The second-order valence-electron chi connectivity index (χ2n) is 7.89. The summed E-state index contributed by atoms with van der Waals surface area (Å²) in [5, 5.41) is 3.60. The highest BCUT2D eigenvalue weighted by Crippen LogP contribution is 2.25. The van der Waals surface area contributed by atoms with Crippen LogP contribution in [0.3, 0.4) is 0 Å². The molecule has 0 saturated carbocycles. The second-order valence-corrected chi connectivity index (χ2v) is 9.82. The van der Waals surface area contributed by atoms with Crippen LogP contribution < -0.4 is 5.32 Å². The number of aromatic nitrogens is 1. The summed E-state index contributed by atoms with van der Waals surface area (Å²) in [6.45, 7) is 1.56. The normalized spacial score (nSPS) is 15.6. The van der Waals surface area contributed by atoms with E-state index in [0.29, 0.717) is 24.5 Å². The van der Waals surface area contributed by atoms with Crippen molar-refractivity contribution in [3.63, 3.8) is 0 Å². The van der Waals surface area contributed by atoms with Crippen LogP contribution in [0, 0.1) is 5.82 Å². The van der Waals surface area contributed by atoms with Crippen LogP contribution in [-0.2, 0) is 27.9 Å². The van der Waals surface area contributed by atoms with Gasteiger partial charge in [0.05, 0.1) is 4.90 Å². The van der Waals surface area contributed by atoms with Gasteiger partial charge in [0.25, 0.3) is 0 Å². The number of hydrogen-bond donors (Lipinski definition) is 1. The van der Waals surface area contributed by atoms with E-state index in [4.69, 9.17) is 0 Å². The average Bonchev–Trinajstić information content (AvgIpc) is 2.97. The van der Waals surface area contributed by atoms with Gasteiger partial charge in [-0.15, -0.1) is 0 Å². The number of sulfonamides is 1. The topological polar surface area (TPSA) is 71.4 Å². The SMILES string of the molecule is O=C(Cn1ccc2cc(S(=O)(=O)N3CCCCCC3)ccc21)NCc1ccc(F)cc1. The van der Waals surface area contributed by atoms with Crippen molar-refractivity contribution >= 4 is 26.8 Å². The minimum absolute atomic E-state index is 0.114. The lowest BCUT2D eigenvalue weighted by atomic mass is 10.2. The molecule has 6 nitrogen and oxygen atoms in total. The number of nitrogens with zero attached hydrogens (tertiary/aromatic N) is 2. The summed E-state index contributed by atoms with van der Waals surface area (Å²) in [5.74, 6) is -0.491. The zero-order chi connectivity index (χ0) is 21.8. The van der Waals surface area contributed by atoms with Crippen molar-refractivity contribution < 1.29 is 17.6 Å². The molecule has 8 heteroatoms. The summed E-state index contributed by atoms with van der Waals surface area (Å²) in [4.78, 5) is 12.6. The third-order valence-corrected chi connectivity index (χ3v) is 7.56. The van der Waals surface area contributed by atoms with Gasteiger partial charge in [0, 0.05) is 36.7 Å². The van der Waals surface area contributed by atoms with Gasteiger partial charge in [-0.1, -0.05) is 25.0 Å². The Bertz CT molecular complexity index is 1160. The van der Waals surface area contributed by atoms with Gasteiger partial charge in [0.15, 0.2) is 0 Å². The number of rotatable bonds is 6. The third-order valence-electron chi connectivity index (χ3n) is 5.66. The largest absolute Gasteiger partial charge is 0.350 e. The molecule has 0 unspecified atom stereocenters. The standard InChI is InChI=1S/C23H26FN3O3S/c24-20-7-5-18(6-8-20)16-25-23(28)17-26-14-11-19-15-21(9-10-22(19)26)31(29,30)27-12-3-1-2-4-13-27/h5-11,14-15H,1-4,12-13,16-17H2,(H,25,28). The molecule has 1 N–H and O–H groups in total. The molecule has 3 aromatic rings. The van der Waals surface area contributed by atoms with Crippen LogP contribution in [0.15, 0.2) is 59.6 Å². The van der Waals surface area contributed by atoms with Crippen molar-refractivity contribution in [1.29, 1.82) is 0 Å². The van der Waals surface area contributed by atoms with Gasteiger partial charge in [-0.25, -0.2) is 12.8 Å². The van der Waals surface area contributed by atoms with E-state index in [0.717, 1.165) is 42.1 Å². The molecule has 2 aromatic carbocycles. The van der Waals surface area contributed by atoms with Crippen LogP contribution in [0.5, 0.6) is 0 Å². The number of benzene rings is 2. The molecule has 31 heavy (non-hydrogen) atoms. The highest BCUT2D eigenvalue weighted by molar-refractivity contribution is 7.89. The first-order valence-electron chi connectivity index (χ1n) is 10.5. The maximum Gasteiger partial charge on any atom is 0.243 e. The van der Waals surface area contributed by atoms with Crippen molar-refractivity contribution in [2.45, 2.75) is 43.7 Å². The molecule has 1 fully saturated rings. The summed E-state index contributed by atoms with van der Waals surface area (Å²) in [5.41, 5.74) is 1.61. The van der Waals surface area contributed by atoms with Gasteiger partial charge in [0.1, 0.15) is 12.4 Å². The molecular formula is C23H26FN3O3S. The third kappa shape index (κ3) is 4.97. The molecule has 0 spiro atoms. The number of halogens is 1. The Morgan fingerprint density at radius 3 is 2.39 bits per heavy atom. The van der Waals surface area contributed by atoms with Gasteiger partial charge >= 0.3 is 0 Å². The fraction of sp³-hybridized carbons (Fsp3) is 0.348. The number of carbonyl (C=O) groups excluding carboxylic acids is 1. The molecule has 1 aromatic heterocycles. The van der Waals surface area contributed by atoms with Crippen LogP contribution in [0.2, 0.25) is 0 Å². The molecule has 1 aliphatic heterocycles. The van der Waals surface area contributed by atoms with Crippen LogP contribution in [0.25, 0.3) is 10.9 Å². The Balaban J connectivity index is 1.45. The molecule has 1 amide bonds. The van der Waals surface area contributed by atoms with E-state index in [-0.39, 0.29) is 18.3 Å². The predicted molar refractivity (Wildman–Crippen MR) is 117 cm³/mol. The summed E-state index contributed by atoms with van der Waals surface area (Å²) in [6.07, 6.45) is 5.70. The van der Waals surface area contributed by atoms with E-state index in [2.05, 4.69) is 5.32 Å². The molecule has 1 saturated heterocycles. The molecule has 0 radical (unpaired) electrons. The van der Waals surface area contributed by atoms with Gasteiger partial charge < -0.3 is 9.88 Å². The average molecular weight is 444 g/mol. The van der Waals surface area contributed by atoms with E-state index in [9.17, 15) is 17.6 Å². The Labute approximate surface area is 181 Å². The molecule has 4 rings (SSSR count). The first-order valence-corrected chi connectivity index (χ1v) is 12.0. The number of hydrogen-bond acceptors (Lipinski definition) is 3. The van der Waals surface area contributed by atoms with E-state index in [1.54, 1.807) is 45.4 Å². The maximum absolute atomic E-state index is 13.0. The van der Waals surface area contributed by atoms with Crippen molar-refractivity contribution in [3.05, 3.63) is 66.1 Å². The van der Waals surface area contributed by atoms with Gasteiger partial charge in [-0.05, 0) is 54.8 Å². The lowest BCUT2D eigenvalue weighted by molar-refractivity contribution is -0.121. The Morgan fingerprint density at radius 1 is 0.968 bits per heavy atom. The minimum Gasteiger partial charge on any atom is -0.350 e. The lowest BCUT2D eigenvalue weighted by Gasteiger charge is -2.20. The Hall–Kier alpha value is -2.71. The molecule has 164 valence electrons. The van der Waals surface area contributed by atoms with Crippen molar-refractivity contribution in [2.75, 3.05) is 13.1 Å². The minimum atomic E-state index is -3.51. The highest BCUT2D eigenvalue weighted by Gasteiger charge is 2.25. The summed E-state index contributed by atoms with van der Waals surface area (Å²) < 4.78 is 42.4. The van der Waals surface area contributed by atoms with Crippen molar-refractivity contribution in [2.24, 2.45) is 0 Å². The molecular weight excluding hydrogens is 417 g/mol. The van der Waals surface area contributed by atoms with E-state index in [1.165, 1.54) is 12.1 Å². The Morgan fingerprint density at radius 2 is 1.68 bits per heavy atom. The van der Waals surface area contributed by atoms with Crippen molar-refractivity contribution in [1.82, 2.24) is 14.2 Å². The summed E-state index contributed by atoms with van der Waals surface area (Å²) in [7, 11) is -3.51. The van der Waals surface area contributed by atoms with Gasteiger partial charge in [-0.2, -0.15) is 4.31 Å². The monoisotopic (exact) mass is 443 g/mol. The van der Waals surface area contributed by atoms with Crippen LogP contribution in [-0.4, -0.2) is 36.3 Å². The quantitative estimate of drug-likeness (QED) is 0.632. The number of amides is 1. The molecule has 2 heterocycles. The summed E-state index contributed by atoms with van der Waals surface area (Å²) in [6, 6.07) is 12.9. The predicted octanol–water partition coefficient (Wildman–Crippen LogP) is 3.66. The zero-order valence-electron chi connectivity index (χ0n) is 17.3. The number of fused-ring (bicyclic) bond motifs is 1. The van der Waals surface area contributed by atoms with E-state index >= 15 is 0 Å². The Kier molecular flexibility index (Phi) is 6.38. The smallest absolute Gasteiger partial charge is 0.243 e. The molecule has 0 bridgehead atoms. The highest BCUT2D eigenvalue weighted by atomic mass is 32.2.